The van der Waals surface area contributed by atoms with Gasteiger partial charge in [0.05, 0.1) is 13.2 Å². The molecular weight excluding hydrogens is 210 g/mol. The molecule has 3 nitrogen and oxygen atoms in total. The Morgan fingerprint density at radius 3 is 2.87 bits per heavy atom. The molecular formula is C11H17NO2S. The van der Waals surface area contributed by atoms with E-state index in [0.29, 0.717) is 6.42 Å². The molecule has 0 radical (unpaired) electrons. The van der Waals surface area contributed by atoms with E-state index in [1.54, 1.807) is 11.3 Å². The lowest BCUT2D eigenvalue weighted by Gasteiger charge is -2.35. The molecule has 0 amide bonds. The van der Waals surface area contributed by atoms with Crippen molar-refractivity contribution in [2.24, 2.45) is 5.73 Å². The first-order valence-corrected chi connectivity index (χ1v) is 6.14. The molecule has 1 saturated heterocycles. The lowest BCUT2D eigenvalue weighted by Crippen LogP contribution is -2.40. The first-order chi connectivity index (χ1) is 7.20. The largest absolute Gasteiger partial charge is 0.350 e. The molecule has 0 aromatic carbocycles. The van der Waals surface area contributed by atoms with Crippen LogP contribution in [0.4, 0.5) is 0 Å². The van der Waals surface area contributed by atoms with Crippen molar-refractivity contribution in [3.63, 3.8) is 0 Å². The third-order valence-electron chi connectivity index (χ3n) is 2.60. The molecule has 1 aromatic heterocycles. The number of nitrogens with two attached hydrogens (primary N) is 1. The normalized spacial score (nSPS) is 22.5. The Kier molecular flexibility index (Phi) is 3.41. The summed E-state index contributed by atoms with van der Waals surface area (Å²) in [6, 6.07) is 4.08. The fraction of sp³-hybridized carbons (Fsp3) is 0.636. The fourth-order valence-electron chi connectivity index (χ4n) is 1.80. The van der Waals surface area contributed by atoms with Crippen LogP contribution in [0.2, 0.25) is 0 Å². The standard InChI is InChI=1S/C11H17NO2S/c1-11(13-5-3-6-14-11)8-9(12)10-4-2-7-15-10/h2,4,7,9H,3,5-6,8,12H2,1H3. The number of hydrogen-bond acceptors (Lipinski definition) is 4. The minimum Gasteiger partial charge on any atom is -0.350 e. The summed E-state index contributed by atoms with van der Waals surface area (Å²) >= 11 is 1.68. The molecule has 1 aromatic rings. The summed E-state index contributed by atoms with van der Waals surface area (Å²) in [6.07, 6.45) is 1.69. The minimum atomic E-state index is -0.498. The molecule has 1 atom stereocenters. The second-order valence-electron chi connectivity index (χ2n) is 4.01. The van der Waals surface area contributed by atoms with E-state index in [2.05, 4.69) is 6.07 Å². The van der Waals surface area contributed by atoms with E-state index in [0.717, 1.165) is 19.6 Å². The van der Waals surface area contributed by atoms with Crippen molar-refractivity contribution in [2.75, 3.05) is 13.2 Å². The lowest BCUT2D eigenvalue weighted by atomic mass is 10.1. The molecule has 0 bridgehead atoms. The van der Waals surface area contributed by atoms with Gasteiger partial charge in [-0.3, -0.25) is 0 Å². The first-order valence-electron chi connectivity index (χ1n) is 5.26. The zero-order valence-corrected chi connectivity index (χ0v) is 9.76. The van der Waals surface area contributed by atoms with Crippen LogP contribution < -0.4 is 5.73 Å². The molecule has 1 aliphatic rings. The molecule has 0 aliphatic carbocycles. The summed E-state index contributed by atoms with van der Waals surface area (Å²) in [6.45, 7) is 3.51. The van der Waals surface area contributed by atoms with Gasteiger partial charge in [0.2, 0.25) is 0 Å². The molecule has 1 unspecified atom stereocenters. The summed E-state index contributed by atoms with van der Waals surface area (Å²) in [5.41, 5.74) is 6.11. The maximum absolute atomic E-state index is 6.11. The van der Waals surface area contributed by atoms with Crippen LogP contribution in [0, 0.1) is 0 Å². The van der Waals surface area contributed by atoms with Gasteiger partial charge in [0.25, 0.3) is 0 Å². The Morgan fingerprint density at radius 1 is 1.53 bits per heavy atom. The maximum atomic E-state index is 6.11. The fourth-order valence-corrected chi connectivity index (χ4v) is 2.53. The number of ether oxygens (including phenoxy) is 2. The topological polar surface area (TPSA) is 44.5 Å². The third-order valence-corrected chi connectivity index (χ3v) is 3.61. The van der Waals surface area contributed by atoms with Crippen LogP contribution in [-0.4, -0.2) is 19.0 Å². The quantitative estimate of drug-likeness (QED) is 0.861. The molecule has 84 valence electrons. The van der Waals surface area contributed by atoms with Crippen molar-refractivity contribution in [3.05, 3.63) is 22.4 Å². The average molecular weight is 227 g/mol. The first kappa shape index (κ1) is 11.1. The summed E-state index contributed by atoms with van der Waals surface area (Å²) in [7, 11) is 0. The molecule has 15 heavy (non-hydrogen) atoms. The highest BCUT2D eigenvalue weighted by Gasteiger charge is 2.31. The highest BCUT2D eigenvalue weighted by molar-refractivity contribution is 7.10. The monoisotopic (exact) mass is 227 g/mol. The summed E-state index contributed by atoms with van der Waals surface area (Å²) in [5.74, 6) is -0.498. The van der Waals surface area contributed by atoms with E-state index in [9.17, 15) is 0 Å². The Balaban J connectivity index is 1.95. The van der Waals surface area contributed by atoms with Gasteiger partial charge in [-0.2, -0.15) is 0 Å². The van der Waals surface area contributed by atoms with Crippen molar-refractivity contribution < 1.29 is 9.47 Å². The molecule has 0 spiro atoms. The smallest absolute Gasteiger partial charge is 0.167 e. The van der Waals surface area contributed by atoms with Crippen LogP contribution in [-0.2, 0) is 9.47 Å². The summed E-state index contributed by atoms with van der Waals surface area (Å²) in [4.78, 5) is 1.19. The second kappa shape index (κ2) is 4.61. The highest BCUT2D eigenvalue weighted by atomic mass is 32.1. The van der Waals surface area contributed by atoms with Gasteiger partial charge in [0, 0.05) is 17.3 Å². The highest BCUT2D eigenvalue weighted by Crippen LogP contribution is 2.30. The molecule has 2 heterocycles. The van der Waals surface area contributed by atoms with Crippen molar-refractivity contribution in [3.8, 4) is 0 Å². The van der Waals surface area contributed by atoms with Crippen LogP contribution in [0.25, 0.3) is 0 Å². The van der Waals surface area contributed by atoms with E-state index in [1.165, 1.54) is 4.88 Å². The Morgan fingerprint density at radius 2 is 2.27 bits per heavy atom. The van der Waals surface area contributed by atoms with Crippen molar-refractivity contribution in [1.29, 1.82) is 0 Å². The SMILES string of the molecule is CC1(CC(N)c2cccs2)OCCCO1. The van der Waals surface area contributed by atoms with Gasteiger partial charge in [-0.1, -0.05) is 6.07 Å². The molecule has 2 rings (SSSR count). The van der Waals surface area contributed by atoms with Gasteiger partial charge < -0.3 is 15.2 Å². The molecule has 0 saturated carbocycles. The Hall–Kier alpha value is -0.420. The Labute approximate surface area is 94.2 Å². The van der Waals surface area contributed by atoms with Gasteiger partial charge >= 0.3 is 0 Å². The van der Waals surface area contributed by atoms with Crippen LogP contribution in [0.5, 0.6) is 0 Å². The zero-order valence-electron chi connectivity index (χ0n) is 8.94. The summed E-state index contributed by atoms with van der Waals surface area (Å²) < 4.78 is 11.3. The van der Waals surface area contributed by atoms with Gasteiger partial charge in [-0.25, -0.2) is 0 Å². The van der Waals surface area contributed by atoms with Crippen molar-refractivity contribution in [1.82, 2.24) is 0 Å². The van der Waals surface area contributed by atoms with Crippen LogP contribution in [0.1, 0.15) is 30.7 Å². The predicted molar refractivity (Wildman–Crippen MR) is 60.8 cm³/mol. The van der Waals surface area contributed by atoms with E-state index < -0.39 is 5.79 Å². The molecule has 4 heteroatoms. The number of hydrogen-bond donors (Lipinski definition) is 1. The molecule has 1 aliphatic heterocycles. The number of rotatable bonds is 3. The van der Waals surface area contributed by atoms with Crippen LogP contribution in [0.15, 0.2) is 17.5 Å². The summed E-state index contributed by atoms with van der Waals surface area (Å²) in [5, 5.41) is 2.04. The van der Waals surface area contributed by atoms with E-state index >= 15 is 0 Å². The third kappa shape index (κ3) is 2.78. The van der Waals surface area contributed by atoms with Gasteiger partial charge in [0.1, 0.15) is 0 Å². The maximum Gasteiger partial charge on any atom is 0.167 e. The predicted octanol–water partition coefficient (Wildman–Crippen LogP) is 2.29. The minimum absolute atomic E-state index is 0.00750. The zero-order chi connectivity index (χ0) is 10.7. The van der Waals surface area contributed by atoms with Crippen LogP contribution in [0.3, 0.4) is 0 Å². The molecule has 2 N–H and O–H groups in total. The van der Waals surface area contributed by atoms with E-state index in [1.807, 2.05) is 18.4 Å². The van der Waals surface area contributed by atoms with Gasteiger partial charge in [-0.15, -0.1) is 11.3 Å². The Bertz CT molecular complexity index is 294. The average Bonchev–Trinajstić information content (AvgIpc) is 2.70. The van der Waals surface area contributed by atoms with Crippen molar-refractivity contribution in [2.45, 2.75) is 31.6 Å². The molecule has 1 fully saturated rings. The van der Waals surface area contributed by atoms with Gasteiger partial charge in [-0.05, 0) is 24.8 Å². The van der Waals surface area contributed by atoms with Gasteiger partial charge in [0.15, 0.2) is 5.79 Å². The lowest BCUT2D eigenvalue weighted by molar-refractivity contribution is -0.260. The number of thiophene rings is 1. The van der Waals surface area contributed by atoms with Crippen LogP contribution >= 0.6 is 11.3 Å². The van der Waals surface area contributed by atoms with E-state index in [4.69, 9.17) is 15.2 Å². The van der Waals surface area contributed by atoms with Crippen molar-refractivity contribution >= 4 is 11.3 Å². The second-order valence-corrected chi connectivity index (χ2v) is 4.99. The van der Waals surface area contributed by atoms with E-state index in [-0.39, 0.29) is 6.04 Å².